The van der Waals surface area contributed by atoms with Crippen molar-refractivity contribution in [2.75, 3.05) is 26.4 Å². The number of aliphatic hydroxyl groups excluding tert-OH is 2. The molecular weight excluding hydrogens is 2140 g/mol. The molecule has 0 amide bonds. The molecule has 11 rings (SSSR count). The van der Waals surface area contributed by atoms with E-state index in [1.165, 1.54) is 93.6 Å². The molecule has 7 unspecified atom stereocenters. The molecule has 1 fully saturated rings. The van der Waals surface area contributed by atoms with Gasteiger partial charge in [0, 0.05) is 29.9 Å². The first kappa shape index (κ1) is 177. The van der Waals surface area contributed by atoms with E-state index in [0.29, 0.717) is 61.9 Å². The van der Waals surface area contributed by atoms with Gasteiger partial charge in [-0.3, -0.25) is 24.0 Å². The molecule has 864 valence electrons. The first-order valence-corrected chi connectivity index (χ1v) is 48.9. The number of hydrogen-bond acceptors (Lipinski definition) is 15. The van der Waals surface area contributed by atoms with E-state index in [-0.39, 0.29) is 171 Å². The Morgan fingerprint density at radius 2 is 0.644 bits per heavy atom. The smallest absolute Gasteiger partial charge is 0.422 e. The fourth-order valence-electron chi connectivity index (χ4n) is 11.8. The van der Waals surface area contributed by atoms with Crippen molar-refractivity contribution in [2.24, 2.45) is 27.1 Å². The minimum atomic E-state index is -4.44. The summed E-state index contributed by atoms with van der Waals surface area (Å²) in [5.41, 5.74) is 3.97. The van der Waals surface area contributed by atoms with Crippen molar-refractivity contribution in [3.8, 4) is 5.75 Å². The molecule has 10 aromatic rings. The van der Waals surface area contributed by atoms with Crippen molar-refractivity contribution in [1.82, 2.24) is 0 Å². The number of carbonyl (C=O) groups excluding carboxylic acids is 6. The van der Waals surface area contributed by atoms with Gasteiger partial charge >= 0.3 is 42.0 Å². The second kappa shape index (κ2) is 85.2. The lowest BCUT2D eigenvalue weighted by Crippen LogP contribution is -2.32. The van der Waals surface area contributed by atoms with Gasteiger partial charge in [-0.25, -0.2) is 4.79 Å². The highest BCUT2D eigenvalue weighted by Gasteiger charge is 2.37. The van der Waals surface area contributed by atoms with Crippen LogP contribution in [0.1, 0.15) is 422 Å². The predicted molar refractivity (Wildman–Crippen MR) is 666 cm³/mol. The van der Waals surface area contributed by atoms with E-state index in [1.807, 2.05) is 106 Å². The summed E-state index contributed by atoms with van der Waals surface area (Å²) in [6.45, 7) is 47.7. The molecule has 15 nitrogen and oxygen atoms in total. The zero-order chi connectivity index (χ0) is 99.1. The summed E-state index contributed by atoms with van der Waals surface area (Å²) in [6.07, 6.45) is 2.27. The molecule has 1 heterocycles. The summed E-state index contributed by atoms with van der Waals surface area (Å²) >= 11 is 14.4. The third kappa shape index (κ3) is 59.1. The fourth-order valence-corrected chi connectivity index (χ4v) is 13.7. The monoisotopic (exact) mass is 2360 g/mol. The van der Waals surface area contributed by atoms with E-state index in [4.69, 9.17) is 39.0 Å². The molecule has 0 radical (unpaired) electrons. The van der Waals surface area contributed by atoms with E-state index in [9.17, 15) is 41.9 Å². The quantitative estimate of drug-likeness (QED) is 0.0261. The Balaban J connectivity index is -0.0000000947. The van der Waals surface area contributed by atoms with E-state index in [1.54, 1.807) is 60.6 Å². The van der Waals surface area contributed by atoms with Crippen molar-refractivity contribution < 1.29 is 85.7 Å². The third-order valence-electron chi connectivity index (χ3n) is 24.1. The maximum absolute atomic E-state index is 12.3. The number of halogens is 7. The highest BCUT2D eigenvalue weighted by molar-refractivity contribution is 9.11. The van der Waals surface area contributed by atoms with E-state index >= 15 is 0 Å². The lowest BCUT2D eigenvalue weighted by molar-refractivity contribution is -0.192. The van der Waals surface area contributed by atoms with Crippen molar-refractivity contribution >= 4 is 153 Å². The third-order valence-corrected chi connectivity index (χ3v) is 26.9. The molecule has 149 heavy (non-hydrogen) atoms. The van der Waals surface area contributed by atoms with Gasteiger partial charge in [0.2, 0.25) is 6.10 Å². The summed E-state index contributed by atoms with van der Waals surface area (Å²) in [7, 11) is 0. The Morgan fingerprint density at radius 3 is 1.01 bits per heavy atom. The van der Waals surface area contributed by atoms with Crippen molar-refractivity contribution in [3.05, 3.63) is 228 Å². The molecule has 1 aliphatic rings. The minimum absolute atomic E-state index is 0. The second-order valence-corrected chi connectivity index (χ2v) is 40.0. The molecule has 0 aromatic heterocycles. The van der Waals surface area contributed by atoms with Gasteiger partial charge in [0.05, 0.1) is 45.9 Å². The molecule has 1 saturated heterocycles. The molecular formula is C127H217Br4F3O15. The zero-order valence-electron chi connectivity index (χ0n) is 81.9. The number of ether oxygens (including phenoxy) is 6. The average molecular weight is 2360 g/mol. The number of cyclic esters (lactones) is 1. The molecule has 7 atom stereocenters. The largest absolute Gasteiger partial charge is 0.508 e. The van der Waals surface area contributed by atoms with Gasteiger partial charge in [0.25, 0.3) is 0 Å². The highest BCUT2D eigenvalue weighted by Crippen LogP contribution is 2.37. The number of phenolic OH excluding ortho intramolecular Hbond substituents is 1. The lowest BCUT2D eigenvalue weighted by Gasteiger charge is -2.21. The zero-order valence-corrected chi connectivity index (χ0v) is 88.2. The highest BCUT2D eigenvalue weighted by atomic mass is 79.9. The van der Waals surface area contributed by atoms with Gasteiger partial charge in [-0.15, -0.1) is 0 Å². The topological polar surface area (TPSA) is 218 Å². The number of esters is 6. The van der Waals surface area contributed by atoms with Gasteiger partial charge in [0.15, 0.2) is 6.61 Å². The van der Waals surface area contributed by atoms with Gasteiger partial charge in [-0.2, -0.15) is 13.2 Å². The number of carbonyl (C=O) groups is 6. The van der Waals surface area contributed by atoms with Crippen molar-refractivity contribution in [3.63, 3.8) is 0 Å². The van der Waals surface area contributed by atoms with Gasteiger partial charge in [0.1, 0.15) is 25.6 Å². The Bertz CT molecular complexity index is 5150. The van der Waals surface area contributed by atoms with Crippen LogP contribution < -0.4 is 0 Å². The number of benzene rings is 10. The summed E-state index contributed by atoms with van der Waals surface area (Å²) < 4.78 is 68.8. The van der Waals surface area contributed by atoms with Crippen LogP contribution in [0.3, 0.4) is 0 Å². The van der Waals surface area contributed by atoms with Crippen molar-refractivity contribution in [1.29, 1.82) is 0 Å². The standard InChI is InChI=1S/C21H22O2.C14H14Br2.2C14H15Br.C10H16O4.C10H14O.2C9H18O3.C8H13F3O2.18CH4/c1-4-21(2,3)20(22)23-14-19-17-11-7-5-9-15(17)13-16-10-6-8-12-18(16)19;1-3-9(2)10-4-5-11-12(8-10)14(16)7-6-13(11)15;1-3-10(2)11-7-8-13-12(9-11)5-4-6-14(13)15;1-3-10(2)12-8-7-11-5-4-6-14(15)13(11)9-12;1-4-10(2,3)9(12)14-7-5-6-13-8(7)11;1-3-8(2)9-4-6-10(11)7-5-9;2*1-5-9(3,4)8(11)12-6-7(2)10;1-4-7(2,3)6(12)13-5-8(9,10)11;;;;;;;;;;;;;;;;;;/h5-13H,4,14H2,1-3H3;4-9H,3H2,1-2H3;2*4-10H,3H2,1-2H3;7H,4-6H2,1-3H3;4-8,11H,3H2,1-2H3;2*7,10H,5-6H2,1-4H3;4-5H2,1-3H3;18*1H4. The van der Waals surface area contributed by atoms with Gasteiger partial charge < -0.3 is 43.7 Å². The Kier molecular flexibility index (Phi) is 101. The normalized spacial score (nSPS) is 12.2. The fraction of sp³-hybridized carbons (Fsp3) is 0.559. The average Bonchev–Trinajstić information content (AvgIpc) is 1.10. The number of fused-ring (bicyclic) bond motifs is 5. The molecule has 0 bridgehead atoms. The SMILES string of the molecule is C.C.C.C.C.C.C.C.C.C.C.C.C.C.C.C.C.C.CCC(C)(C)C(=O)OC1CCOC1=O.CCC(C)(C)C(=O)OCC(C)O.CCC(C)(C)C(=O)OCC(C)O.CCC(C)(C)C(=O)OCC(F)(F)F.CCC(C)(C)C(=O)OCc1c2ccccc2cc2ccccc12.CCC(C)c1ccc(O)cc1.CCC(C)c1ccc2c(Br)ccc(Br)c2c1.CCC(C)c1ccc2c(Br)cccc2c1.CCC(C)c1ccc2cccc(Br)c2c1. The summed E-state index contributed by atoms with van der Waals surface area (Å²) in [6, 6.07) is 63.2. The maximum Gasteiger partial charge on any atom is 0.422 e. The summed E-state index contributed by atoms with van der Waals surface area (Å²) in [5.74, 6) is 0.646. The van der Waals surface area contributed by atoms with E-state index < -0.39 is 70.1 Å². The number of hydrogen-bond donors (Lipinski definition) is 3. The van der Waals surface area contributed by atoms with Crippen LogP contribution in [0, 0.1) is 27.1 Å². The number of alkyl halides is 3. The number of phenols is 1. The van der Waals surface area contributed by atoms with Crippen LogP contribution in [0.25, 0.3) is 53.9 Å². The number of rotatable bonds is 26. The molecule has 0 spiro atoms. The van der Waals surface area contributed by atoms with Crippen LogP contribution >= 0.6 is 63.7 Å². The Labute approximate surface area is 944 Å². The van der Waals surface area contributed by atoms with Gasteiger partial charge in [-0.1, -0.05) is 415 Å². The number of aromatic hydroxyl groups is 1. The summed E-state index contributed by atoms with van der Waals surface area (Å²) in [4.78, 5) is 68.5. The van der Waals surface area contributed by atoms with Crippen LogP contribution in [0.2, 0.25) is 0 Å². The van der Waals surface area contributed by atoms with Crippen LogP contribution in [0.15, 0.2) is 200 Å². The van der Waals surface area contributed by atoms with Crippen LogP contribution in [0.4, 0.5) is 13.2 Å². The lowest BCUT2D eigenvalue weighted by atomic mass is 9.90. The van der Waals surface area contributed by atoms with E-state index in [2.05, 4.69) is 257 Å². The first-order chi connectivity index (χ1) is 61.3. The molecule has 1 aliphatic heterocycles. The number of aliphatic hydroxyl groups is 2. The molecule has 10 aromatic carbocycles. The van der Waals surface area contributed by atoms with Crippen LogP contribution in [-0.2, 0) is 63.8 Å². The molecule has 3 N–H and O–H groups in total. The molecule has 0 saturated carbocycles. The predicted octanol–water partition coefficient (Wildman–Crippen LogP) is 42.4. The Hall–Kier alpha value is -8.25. The van der Waals surface area contributed by atoms with Gasteiger partial charge in [-0.05, 0) is 295 Å². The van der Waals surface area contributed by atoms with Crippen molar-refractivity contribution in [2.45, 2.75) is 426 Å². The van der Waals surface area contributed by atoms with E-state index in [0.717, 1.165) is 51.0 Å². The second-order valence-electron chi connectivity index (χ2n) is 36.6. The van der Waals surface area contributed by atoms with Crippen LogP contribution in [-0.4, -0.2) is 102 Å². The minimum Gasteiger partial charge on any atom is -0.508 e. The first-order valence-electron chi connectivity index (χ1n) is 45.7. The maximum atomic E-state index is 12.3. The summed E-state index contributed by atoms with van der Waals surface area (Å²) in [5, 5.41) is 39.2. The van der Waals surface area contributed by atoms with Crippen LogP contribution in [0.5, 0.6) is 5.75 Å². The Morgan fingerprint density at radius 1 is 0.342 bits per heavy atom. The molecule has 0 aliphatic carbocycles. The molecule has 22 heteroatoms.